The van der Waals surface area contributed by atoms with Gasteiger partial charge in [-0.25, -0.2) is 8.42 Å². The van der Waals surface area contributed by atoms with Crippen LogP contribution in [0.2, 0.25) is 0 Å². The molecule has 3 aromatic carbocycles. The van der Waals surface area contributed by atoms with E-state index in [9.17, 15) is 18.5 Å². The van der Waals surface area contributed by atoms with Crippen molar-refractivity contribution in [3.05, 3.63) is 99.6 Å². The van der Waals surface area contributed by atoms with Gasteiger partial charge < -0.3 is 0 Å². The molecule has 2 aliphatic rings. The summed E-state index contributed by atoms with van der Waals surface area (Å²) in [4.78, 5) is 10.6. The number of aryl methyl sites for hydroxylation is 1. The van der Waals surface area contributed by atoms with Crippen LogP contribution < -0.4 is 4.31 Å². The van der Waals surface area contributed by atoms with Gasteiger partial charge >= 0.3 is 0 Å². The van der Waals surface area contributed by atoms with E-state index in [2.05, 4.69) is 0 Å². The Kier molecular flexibility index (Phi) is 3.96. The van der Waals surface area contributed by atoms with Gasteiger partial charge in [0.25, 0.3) is 15.7 Å². The van der Waals surface area contributed by atoms with Gasteiger partial charge in [-0.15, -0.1) is 0 Å². The Labute approximate surface area is 168 Å². The van der Waals surface area contributed by atoms with Crippen LogP contribution in [0.25, 0.3) is 0 Å². The molecule has 29 heavy (non-hydrogen) atoms. The number of hydrogen-bond acceptors (Lipinski definition) is 4. The van der Waals surface area contributed by atoms with Gasteiger partial charge in [0.1, 0.15) is 0 Å². The number of fused-ring (bicyclic) bond motifs is 5. The molecule has 7 heteroatoms. The fourth-order valence-corrected chi connectivity index (χ4v) is 6.57. The van der Waals surface area contributed by atoms with Crippen molar-refractivity contribution in [2.75, 3.05) is 4.31 Å². The number of rotatable bonds is 3. The summed E-state index contributed by atoms with van der Waals surface area (Å²) in [5, 5.41) is 11.5. The molecule has 3 aromatic rings. The Morgan fingerprint density at radius 3 is 2.34 bits per heavy atom. The third-order valence-electron chi connectivity index (χ3n) is 5.90. The minimum Gasteiger partial charge on any atom is -0.258 e. The van der Waals surface area contributed by atoms with Gasteiger partial charge in [0.2, 0.25) is 0 Å². The summed E-state index contributed by atoms with van der Waals surface area (Å²) in [5.41, 5.74) is 3.29. The number of nitrogens with zero attached hydrogens (tertiary/aromatic N) is 2. The van der Waals surface area contributed by atoms with Crippen molar-refractivity contribution >= 4 is 21.4 Å². The van der Waals surface area contributed by atoms with Crippen LogP contribution in [-0.4, -0.2) is 13.3 Å². The summed E-state index contributed by atoms with van der Waals surface area (Å²) in [5.74, 6) is 0.0265. The van der Waals surface area contributed by atoms with Crippen LogP contribution in [0.5, 0.6) is 0 Å². The Morgan fingerprint density at radius 1 is 0.897 bits per heavy atom. The lowest BCUT2D eigenvalue weighted by atomic mass is 9.79. The van der Waals surface area contributed by atoms with Crippen LogP contribution in [0, 0.1) is 10.1 Å². The first kappa shape index (κ1) is 17.9. The zero-order valence-corrected chi connectivity index (χ0v) is 16.2. The molecule has 0 aromatic heterocycles. The smallest absolute Gasteiger partial charge is 0.258 e. The minimum atomic E-state index is -4.15. The van der Waals surface area contributed by atoms with E-state index in [0.29, 0.717) is 5.69 Å². The Balaban J connectivity index is 1.77. The Hall–Kier alpha value is -3.19. The summed E-state index contributed by atoms with van der Waals surface area (Å²) < 4.78 is 29.0. The van der Waals surface area contributed by atoms with Crippen LogP contribution in [-0.2, 0) is 16.4 Å². The first-order valence-electron chi connectivity index (χ1n) is 9.45. The topological polar surface area (TPSA) is 80.5 Å². The standard InChI is InChI=1S/C22H18N2O4S/c25-24(26)20-11-5-6-12-21(20)29(27,28)23-19-10-4-3-9-17(19)18-14-13-15-7-1-2-8-16(15)22(18)23/h1-12,18,22H,13-14H2/t18-,22-/m1/s1. The summed E-state index contributed by atoms with van der Waals surface area (Å²) in [6.07, 6.45) is 1.71. The number of nitro groups is 1. The predicted molar refractivity (Wildman–Crippen MR) is 109 cm³/mol. The second-order valence-electron chi connectivity index (χ2n) is 7.37. The average Bonchev–Trinajstić information content (AvgIpc) is 3.09. The third-order valence-corrected chi connectivity index (χ3v) is 7.75. The number of anilines is 1. The van der Waals surface area contributed by atoms with Crippen molar-refractivity contribution in [3.63, 3.8) is 0 Å². The van der Waals surface area contributed by atoms with Crippen LogP contribution in [0.4, 0.5) is 11.4 Å². The highest BCUT2D eigenvalue weighted by atomic mass is 32.2. The van der Waals surface area contributed by atoms with Crippen LogP contribution >= 0.6 is 0 Å². The summed E-state index contributed by atoms with van der Waals surface area (Å²) >= 11 is 0. The number of sulfonamides is 1. The van der Waals surface area contributed by atoms with E-state index in [1.54, 1.807) is 6.07 Å². The van der Waals surface area contributed by atoms with Crippen LogP contribution in [0.1, 0.15) is 35.1 Å². The van der Waals surface area contributed by atoms with E-state index < -0.39 is 26.7 Å². The van der Waals surface area contributed by atoms with Gasteiger partial charge in [-0.2, -0.15) is 0 Å². The molecule has 0 saturated carbocycles. The highest BCUT2D eigenvalue weighted by Gasteiger charge is 2.48. The lowest BCUT2D eigenvalue weighted by molar-refractivity contribution is -0.387. The van der Waals surface area contributed by atoms with Gasteiger partial charge in [-0.3, -0.25) is 14.4 Å². The van der Waals surface area contributed by atoms with E-state index in [0.717, 1.165) is 29.5 Å². The summed E-state index contributed by atoms with van der Waals surface area (Å²) in [7, 11) is -4.15. The number of hydrogen-bond donors (Lipinski definition) is 0. The lowest BCUT2D eigenvalue weighted by Crippen LogP contribution is -2.35. The number of nitro benzene ring substituents is 1. The highest BCUT2D eigenvalue weighted by molar-refractivity contribution is 7.93. The van der Waals surface area contributed by atoms with Gasteiger partial charge in [0.05, 0.1) is 16.7 Å². The largest absolute Gasteiger partial charge is 0.289 e. The van der Waals surface area contributed by atoms with E-state index in [4.69, 9.17) is 0 Å². The summed E-state index contributed by atoms with van der Waals surface area (Å²) in [6, 6.07) is 20.5. The van der Waals surface area contributed by atoms with Crippen molar-refractivity contribution in [2.24, 2.45) is 0 Å². The van der Waals surface area contributed by atoms with E-state index in [1.165, 1.54) is 28.6 Å². The first-order valence-corrected chi connectivity index (χ1v) is 10.9. The maximum Gasteiger partial charge on any atom is 0.289 e. The zero-order chi connectivity index (χ0) is 20.2. The molecule has 0 unspecified atom stereocenters. The minimum absolute atomic E-state index is 0.0265. The molecular formula is C22H18N2O4S. The maximum absolute atomic E-state index is 13.8. The van der Waals surface area contributed by atoms with Crippen molar-refractivity contribution in [1.29, 1.82) is 0 Å². The van der Waals surface area contributed by atoms with Crippen molar-refractivity contribution in [2.45, 2.75) is 29.7 Å². The molecule has 0 saturated heterocycles. The SMILES string of the molecule is O=[N+]([O-])c1ccccc1S(=O)(=O)N1c2ccccc2[C@H]2CCc3ccccc3[C@H]21. The summed E-state index contributed by atoms with van der Waals surface area (Å²) in [6.45, 7) is 0. The normalized spacial score (nSPS) is 19.9. The second-order valence-corrected chi connectivity index (χ2v) is 9.16. The molecular weight excluding hydrogens is 388 g/mol. The Bertz CT molecular complexity index is 1240. The molecule has 5 rings (SSSR count). The molecule has 1 aliphatic carbocycles. The first-order chi connectivity index (χ1) is 14.0. The molecule has 6 nitrogen and oxygen atoms in total. The lowest BCUT2D eigenvalue weighted by Gasteiger charge is -2.34. The molecule has 1 heterocycles. The second kappa shape index (κ2) is 6.42. The zero-order valence-electron chi connectivity index (χ0n) is 15.4. The van der Waals surface area contributed by atoms with E-state index in [-0.39, 0.29) is 10.8 Å². The van der Waals surface area contributed by atoms with Gasteiger partial charge in [0.15, 0.2) is 4.90 Å². The molecule has 0 radical (unpaired) electrons. The molecule has 146 valence electrons. The molecule has 0 amide bonds. The van der Waals surface area contributed by atoms with Crippen molar-refractivity contribution in [3.8, 4) is 0 Å². The average molecular weight is 406 g/mol. The molecule has 0 bridgehead atoms. The van der Waals surface area contributed by atoms with Crippen LogP contribution in [0.3, 0.4) is 0 Å². The number of para-hydroxylation sites is 2. The van der Waals surface area contributed by atoms with Gasteiger partial charge in [-0.1, -0.05) is 54.6 Å². The molecule has 1 aliphatic heterocycles. The number of benzene rings is 3. The van der Waals surface area contributed by atoms with E-state index >= 15 is 0 Å². The molecule has 0 N–H and O–H groups in total. The maximum atomic E-state index is 13.8. The van der Waals surface area contributed by atoms with Crippen molar-refractivity contribution < 1.29 is 13.3 Å². The Morgan fingerprint density at radius 2 is 1.55 bits per heavy atom. The fourth-order valence-electron chi connectivity index (χ4n) is 4.71. The van der Waals surface area contributed by atoms with Crippen LogP contribution in [0.15, 0.2) is 77.7 Å². The van der Waals surface area contributed by atoms with Crippen molar-refractivity contribution in [1.82, 2.24) is 0 Å². The fraction of sp³-hybridized carbons (Fsp3) is 0.182. The van der Waals surface area contributed by atoms with E-state index in [1.807, 2.05) is 42.5 Å². The van der Waals surface area contributed by atoms with Gasteiger partial charge in [0, 0.05) is 12.0 Å². The van der Waals surface area contributed by atoms with Gasteiger partial charge in [-0.05, 0) is 41.7 Å². The molecule has 2 atom stereocenters. The molecule has 0 fully saturated rings. The quantitative estimate of drug-likeness (QED) is 0.471. The predicted octanol–water partition coefficient (Wildman–Crippen LogP) is 4.57. The monoisotopic (exact) mass is 406 g/mol. The third kappa shape index (κ3) is 2.57. The molecule has 0 spiro atoms. The highest BCUT2D eigenvalue weighted by Crippen LogP contribution is 2.56.